The summed E-state index contributed by atoms with van der Waals surface area (Å²) in [5, 5.41) is 0. The number of nitrogens with zero attached hydrogens (tertiary/aromatic N) is 3. The Morgan fingerprint density at radius 3 is 2.78 bits per heavy atom. The van der Waals surface area contributed by atoms with Crippen molar-refractivity contribution in [1.82, 2.24) is 9.97 Å². The Hall–Kier alpha value is -0.920. The van der Waals surface area contributed by atoms with Gasteiger partial charge in [0.1, 0.15) is 0 Å². The molecule has 0 bridgehead atoms. The van der Waals surface area contributed by atoms with Crippen LogP contribution < -0.4 is 4.90 Å². The van der Waals surface area contributed by atoms with E-state index in [1.807, 2.05) is 11.8 Å². The Balaban J connectivity index is 1.24. The monoisotopic (exact) mass is 339 g/mol. The van der Waals surface area contributed by atoms with Crippen LogP contribution in [0.3, 0.4) is 0 Å². The van der Waals surface area contributed by atoms with Gasteiger partial charge in [-0.1, -0.05) is 0 Å². The highest BCUT2D eigenvalue weighted by Gasteiger charge is 2.50. The molecule has 3 saturated heterocycles. The van der Waals surface area contributed by atoms with E-state index in [0.29, 0.717) is 18.0 Å². The van der Waals surface area contributed by atoms with Gasteiger partial charge in [-0.05, 0) is 25.2 Å². The molecule has 1 atom stereocenters. The highest BCUT2D eigenvalue weighted by Crippen LogP contribution is 2.46. The number of halogens is 1. The standard InChI is InChI=1S/C16H22FN3O2S/c17-13-6-18-15(19-7-13)20-10-16(11-20)5-14(9-23-16)22-8-12-1-3-21-4-2-12/h6-7,12,14H,1-5,8-11H2. The van der Waals surface area contributed by atoms with E-state index in [0.717, 1.165) is 57.9 Å². The predicted molar refractivity (Wildman–Crippen MR) is 87.3 cm³/mol. The minimum atomic E-state index is -0.388. The van der Waals surface area contributed by atoms with Crippen molar-refractivity contribution >= 4 is 17.7 Å². The maximum atomic E-state index is 12.9. The van der Waals surface area contributed by atoms with Crippen LogP contribution in [0, 0.1) is 11.7 Å². The van der Waals surface area contributed by atoms with Crippen molar-refractivity contribution in [3.05, 3.63) is 18.2 Å². The second-order valence-electron chi connectivity index (χ2n) is 6.77. The van der Waals surface area contributed by atoms with E-state index in [1.165, 1.54) is 12.4 Å². The van der Waals surface area contributed by atoms with Crippen LogP contribution in [0.25, 0.3) is 0 Å². The third-order valence-corrected chi connectivity index (χ3v) is 6.51. The van der Waals surface area contributed by atoms with Gasteiger partial charge in [0.15, 0.2) is 5.82 Å². The SMILES string of the molecule is Fc1cnc(N2CC3(CC(OCC4CCOCC4)CS3)C2)nc1. The zero-order valence-corrected chi connectivity index (χ0v) is 13.9. The number of aromatic nitrogens is 2. The number of rotatable bonds is 4. The van der Waals surface area contributed by atoms with Crippen LogP contribution >= 0.6 is 11.8 Å². The van der Waals surface area contributed by atoms with E-state index < -0.39 is 0 Å². The molecule has 1 aromatic rings. The summed E-state index contributed by atoms with van der Waals surface area (Å²) in [7, 11) is 0. The fraction of sp³-hybridized carbons (Fsp3) is 0.750. The number of ether oxygens (including phenoxy) is 2. The van der Waals surface area contributed by atoms with Crippen molar-refractivity contribution in [3.63, 3.8) is 0 Å². The summed E-state index contributed by atoms with van der Waals surface area (Å²) in [4.78, 5) is 10.2. The molecular weight excluding hydrogens is 317 g/mol. The smallest absolute Gasteiger partial charge is 0.225 e. The molecule has 0 saturated carbocycles. The van der Waals surface area contributed by atoms with E-state index in [4.69, 9.17) is 9.47 Å². The molecule has 126 valence electrons. The molecule has 3 fully saturated rings. The van der Waals surface area contributed by atoms with Gasteiger partial charge >= 0.3 is 0 Å². The van der Waals surface area contributed by atoms with Crippen LogP contribution in [0.5, 0.6) is 0 Å². The molecule has 23 heavy (non-hydrogen) atoms. The number of hydrogen-bond acceptors (Lipinski definition) is 6. The molecule has 0 aliphatic carbocycles. The fourth-order valence-corrected chi connectivity index (χ4v) is 5.13. The molecular formula is C16H22FN3O2S. The van der Waals surface area contributed by atoms with Crippen molar-refractivity contribution in [2.24, 2.45) is 5.92 Å². The maximum absolute atomic E-state index is 12.9. The van der Waals surface area contributed by atoms with Crippen molar-refractivity contribution in [2.75, 3.05) is 43.6 Å². The van der Waals surface area contributed by atoms with Gasteiger partial charge in [-0.15, -0.1) is 11.8 Å². The molecule has 4 heterocycles. The molecule has 3 aliphatic rings. The summed E-state index contributed by atoms with van der Waals surface area (Å²) in [6.07, 6.45) is 6.17. The summed E-state index contributed by atoms with van der Waals surface area (Å²) >= 11 is 2.01. The van der Waals surface area contributed by atoms with E-state index >= 15 is 0 Å². The predicted octanol–water partition coefficient (Wildman–Crippen LogP) is 2.12. The van der Waals surface area contributed by atoms with E-state index in [1.54, 1.807) is 0 Å². The van der Waals surface area contributed by atoms with Crippen LogP contribution in [0.4, 0.5) is 10.3 Å². The topological polar surface area (TPSA) is 47.5 Å². The summed E-state index contributed by atoms with van der Waals surface area (Å²) in [5.74, 6) is 1.97. The van der Waals surface area contributed by atoms with Gasteiger partial charge < -0.3 is 14.4 Å². The molecule has 1 unspecified atom stereocenters. The van der Waals surface area contributed by atoms with Crippen LogP contribution in [0.1, 0.15) is 19.3 Å². The molecule has 0 radical (unpaired) electrons. The van der Waals surface area contributed by atoms with Crippen molar-refractivity contribution in [2.45, 2.75) is 30.1 Å². The normalized spacial score (nSPS) is 27.3. The Labute approximate surface area is 140 Å². The second-order valence-corrected chi connectivity index (χ2v) is 8.25. The first-order chi connectivity index (χ1) is 11.2. The second kappa shape index (κ2) is 6.53. The van der Waals surface area contributed by atoms with Gasteiger partial charge in [0.2, 0.25) is 5.95 Å². The zero-order chi connectivity index (χ0) is 15.7. The fourth-order valence-electron chi connectivity index (χ4n) is 3.57. The van der Waals surface area contributed by atoms with E-state index in [2.05, 4.69) is 14.9 Å². The van der Waals surface area contributed by atoms with E-state index in [9.17, 15) is 4.39 Å². The van der Waals surface area contributed by atoms with Gasteiger partial charge in [0.25, 0.3) is 0 Å². The Bertz CT molecular complexity index is 533. The zero-order valence-electron chi connectivity index (χ0n) is 13.1. The Morgan fingerprint density at radius 2 is 2.04 bits per heavy atom. The molecule has 7 heteroatoms. The lowest BCUT2D eigenvalue weighted by atomic mass is 9.93. The van der Waals surface area contributed by atoms with E-state index in [-0.39, 0.29) is 10.6 Å². The van der Waals surface area contributed by atoms with Crippen molar-refractivity contribution in [3.8, 4) is 0 Å². The lowest BCUT2D eigenvalue weighted by Crippen LogP contribution is -2.59. The lowest BCUT2D eigenvalue weighted by molar-refractivity contribution is -0.00653. The highest BCUT2D eigenvalue weighted by molar-refractivity contribution is 8.01. The van der Waals surface area contributed by atoms with Crippen LogP contribution in [0.15, 0.2) is 12.4 Å². The average molecular weight is 339 g/mol. The number of thioether (sulfide) groups is 1. The summed E-state index contributed by atoms with van der Waals surface area (Å²) in [5.41, 5.74) is 0. The van der Waals surface area contributed by atoms with Gasteiger partial charge in [-0.2, -0.15) is 0 Å². The highest BCUT2D eigenvalue weighted by atomic mass is 32.2. The summed E-state index contributed by atoms with van der Waals surface area (Å²) in [6.45, 7) is 4.49. The van der Waals surface area contributed by atoms with Crippen molar-refractivity contribution < 1.29 is 13.9 Å². The minimum absolute atomic E-state index is 0.276. The van der Waals surface area contributed by atoms with Crippen molar-refractivity contribution in [1.29, 1.82) is 0 Å². The number of anilines is 1. The van der Waals surface area contributed by atoms with Gasteiger partial charge in [-0.3, -0.25) is 0 Å². The molecule has 3 aliphatic heterocycles. The molecule has 1 spiro atoms. The average Bonchev–Trinajstić information content (AvgIpc) is 2.98. The largest absolute Gasteiger partial charge is 0.381 e. The molecule has 0 amide bonds. The van der Waals surface area contributed by atoms with Gasteiger partial charge in [0.05, 0.1) is 23.2 Å². The third-order valence-electron chi connectivity index (χ3n) is 4.93. The minimum Gasteiger partial charge on any atom is -0.381 e. The van der Waals surface area contributed by atoms with Gasteiger partial charge in [-0.25, -0.2) is 14.4 Å². The quantitative estimate of drug-likeness (QED) is 0.837. The first-order valence-electron chi connectivity index (χ1n) is 8.28. The molecule has 0 aromatic carbocycles. The van der Waals surface area contributed by atoms with Crippen LogP contribution in [-0.2, 0) is 9.47 Å². The van der Waals surface area contributed by atoms with Gasteiger partial charge in [0, 0.05) is 38.7 Å². The Morgan fingerprint density at radius 1 is 1.30 bits per heavy atom. The third kappa shape index (κ3) is 3.46. The Kier molecular flexibility index (Phi) is 4.43. The molecule has 0 N–H and O–H groups in total. The maximum Gasteiger partial charge on any atom is 0.225 e. The molecule has 5 nitrogen and oxygen atoms in total. The molecule has 4 rings (SSSR count). The molecule has 1 aromatic heterocycles. The first-order valence-corrected chi connectivity index (χ1v) is 9.27. The summed E-state index contributed by atoms with van der Waals surface area (Å²) in [6, 6.07) is 0. The summed E-state index contributed by atoms with van der Waals surface area (Å²) < 4.78 is 24.7. The van der Waals surface area contributed by atoms with Crippen LogP contribution in [0.2, 0.25) is 0 Å². The first kappa shape index (κ1) is 15.6. The van der Waals surface area contributed by atoms with Crippen LogP contribution in [-0.4, -0.2) is 59.5 Å². The lowest BCUT2D eigenvalue weighted by Gasteiger charge is -2.47. The number of hydrogen-bond donors (Lipinski definition) is 0.